The molecule has 0 amide bonds. The first-order valence-corrected chi connectivity index (χ1v) is 26.7. The van der Waals surface area contributed by atoms with Gasteiger partial charge in [-0.3, -0.25) is 0 Å². The summed E-state index contributed by atoms with van der Waals surface area (Å²) in [6.07, 6.45) is 0. The monoisotopic (exact) mass is 1010 g/mol. The molecule has 0 aliphatic heterocycles. The molecule has 370 valence electrons. The van der Waals surface area contributed by atoms with Crippen LogP contribution in [0.4, 0.5) is 34.1 Å². The van der Waals surface area contributed by atoms with Crippen molar-refractivity contribution in [3.63, 3.8) is 0 Å². The summed E-state index contributed by atoms with van der Waals surface area (Å²) in [7, 11) is 0. The summed E-state index contributed by atoms with van der Waals surface area (Å²) in [5.74, 6) is 0. The Hall–Kier alpha value is -10.8. The average molecular weight is 1010 g/mol. The third-order valence-electron chi connectivity index (χ3n) is 16.0. The Morgan fingerprint density at radius 1 is 0.203 bits per heavy atom. The van der Waals surface area contributed by atoms with E-state index in [4.69, 9.17) is 13.3 Å². The Morgan fingerprint density at radius 2 is 0.506 bits per heavy atom. The first-order chi connectivity index (χ1) is 39.1. The second kappa shape index (κ2) is 16.9. The topological polar surface area (TPSA) is 55.8 Å². The third-order valence-corrected chi connectivity index (χ3v) is 16.0. The SMILES string of the molecule is c1ccc(N(c2ccc3c(c2)oc2cc4oc5cc6oc7cc(N(c8ccccc8)c8ccc9c%10ccccc%10n(-c%10ccccc%10)c9c8)ccc7c6cc5c4cc23)c2ccc3c4ccccc4n(-c4ccccc4)c3c2)cc1. The van der Waals surface area contributed by atoms with Crippen LogP contribution in [-0.2, 0) is 0 Å². The normalized spacial score (nSPS) is 12.1. The number of para-hydroxylation sites is 6. The van der Waals surface area contributed by atoms with E-state index in [1.54, 1.807) is 0 Å². The lowest BCUT2D eigenvalue weighted by atomic mass is 10.0. The van der Waals surface area contributed by atoms with Crippen molar-refractivity contribution in [2.24, 2.45) is 0 Å². The number of fused-ring (bicyclic) bond motifs is 15. The third kappa shape index (κ3) is 6.66. The number of furan rings is 3. The molecule has 17 rings (SSSR count). The van der Waals surface area contributed by atoms with Gasteiger partial charge in [-0.2, -0.15) is 0 Å². The van der Waals surface area contributed by atoms with Crippen molar-refractivity contribution in [2.75, 3.05) is 9.80 Å². The summed E-state index contributed by atoms with van der Waals surface area (Å²) < 4.78 is 24.9. The lowest BCUT2D eigenvalue weighted by Crippen LogP contribution is -2.09. The lowest BCUT2D eigenvalue weighted by molar-refractivity contribution is 0.651. The minimum atomic E-state index is 0.760. The molecule has 0 saturated carbocycles. The zero-order valence-electron chi connectivity index (χ0n) is 42.4. The lowest BCUT2D eigenvalue weighted by Gasteiger charge is -2.25. The van der Waals surface area contributed by atoms with E-state index in [0.29, 0.717) is 0 Å². The molecule has 7 nitrogen and oxygen atoms in total. The quantitative estimate of drug-likeness (QED) is 0.152. The maximum Gasteiger partial charge on any atom is 0.139 e. The fourth-order valence-electron chi connectivity index (χ4n) is 12.5. The number of benzene rings is 12. The van der Waals surface area contributed by atoms with Crippen molar-refractivity contribution in [1.82, 2.24) is 9.13 Å². The molecular weight excluding hydrogens is 969 g/mol. The first-order valence-electron chi connectivity index (χ1n) is 26.7. The van der Waals surface area contributed by atoms with Crippen LogP contribution in [0.5, 0.6) is 0 Å². The van der Waals surface area contributed by atoms with Crippen LogP contribution in [0.3, 0.4) is 0 Å². The summed E-state index contributed by atoms with van der Waals surface area (Å²) in [4.78, 5) is 4.62. The second-order valence-electron chi connectivity index (χ2n) is 20.5. The molecule has 79 heavy (non-hydrogen) atoms. The molecule has 7 heteroatoms. The molecule has 0 radical (unpaired) electrons. The number of nitrogens with zero attached hydrogens (tertiary/aromatic N) is 4. The summed E-state index contributed by atoms with van der Waals surface area (Å²) in [6, 6.07) is 94.9. The summed E-state index contributed by atoms with van der Waals surface area (Å²) >= 11 is 0. The van der Waals surface area contributed by atoms with Gasteiger partial charge in [-0.1, -0.05) is 121 Å². The van der Waals surface area contributed by atoms with Crippen LogP contribution in [0.25, 0.3) is 121 Å². The van der Waals surface area contributed by atoms with E-state index >= 15 is 0 Å². The summed E-state index contributed by atoms with van der Waals surface area (Å²) in [6.45, 7) is 0. The van der Waals surface area contributed by atoms with E-state index in [9.17, 15) is 0 Å². The molecule has 0 spiro atoms. The number of aromatic nitrogens is 2. The van der Waals surface area contributed by atoms with Crippen molar-refractivity contribution in [1.29, 1.82) is 0 Å². The Balaban J connectivity index is 0.766. The van der Waals surface area contributed by atoms with Gasteiger partial charge in [0.15, 0.2) is 0 Å². The summed E-state index contributed by atoms with van der Waals surface area (Å²) in [5.41, 5.74) is 17.7. The van der Waals surface area contributed by atoms with Crippen LogP contribution in [0.2, 0.25) is 0 Å². The van der Waals surface area contributed by atoms with Gasteiger partial charge in [0.05, 0.1) is 22.1 Å². The molecule has 0 atom stereocenters. The van der Waals surface area contributed by atoms with E-state index in [1.165, 1.54) is 32.6 Å². The molecule has 0 unspecified atom stereocenters. The molecule has 0 bridgehead atoms. The molecule has 5 heterocycles. The standard InChI is InChI=1S/C72H44N4O3/c1-5-17-45(18-6-1)73(49-29-33-55-53-25-13-15-27-63(53)75(65(55)37-49)47-21-9-3-10-22-47)51-31-35-57-59-41-61-62-42-60-58-36-32-52(40-68(58)78-70(60)44-72(62)79-71(61)43-69(59)77-67(57)39-51)74(46-19-7-2-8-20-46)50-30-34-56-54-26-14-16-28-64(54)76(66(56)38-50)48-23-11-4-12-24-48/h1-44H. The van der Waals surface area contributed by atoms with Crippen molar-refractivity contribution < 1.29 is 13.3 Å². The first kappa shape index (κ1) is 43.5. The average Bonchev–Trinajstić information content (AvgIpc) is 4.51. The zero-order valence-corrected chi connectivity index (χ0v) is 42.4. The fourth-order valence-corrected chi connectivity index (χ4v) is 12.5. The number of rotatable bonds is 8. The molecule has 0 N–H and O–H groups in total. The Kier molecular flexibility index (Phi) is 9.28. The van der Waals surface area contributed by atoms with E-state index < -0.39 is 0 Å². The minimum absolute atomic E-state index is 0.760. The maximum absolute atomic E-state index is 6.77. The molecule has 0 fully saturated rings. The van der Waals surface area contributed by atoms with Crippen LogP contribution in [0.1, 0.15) is 0 Å². The van der Waals surface area contributed by atoms with Crippen LogP contribution < -0.4 is 9.80 Å². The van der Waals surface area contributed by atoms with Crippen molar-refractivity contribution in [3.05, 3.63) is 267 Å². The van der Waals surface area contributed by atoms with Gasteiger partial charge in [0.25, 0.3) is 0 Å². The molecular formula is C72H44N4O3. The second-order valence-corrected chi connectivity index (χ2v) is 20.5. The van der Waals surface area contributed by atoms with Gasteiger partial charge in [-0.25, -0.2) is 0 Å². The summed E-state index contributed by atoms with van der Waals surface area (Å²) in [5, 5.41) is 11.0. The van der Waals surface area contributed by atoms with Gasteiger partial charge < -0.3 is 32.2 Å². The molecule has 5 aromatic heterocycles. The fraction of sp³-hybridized carbons (Fsp3) is 0. The number of hydrogen-bond donors (Lipinski definition) is 0. The molecule has 12 aromatic carbocycles. The van der Waals surface area contributed by atoms with Crippen LogP contribution >= 0.6 is 0 Å². The molecule has 0 aliphatic rings. The van der Waals surface area contributed by atoms with Gasteiger partial charge in [0.1, 0.15) is 33.5 Å². The molecule has 17 aromatic rings. The van der Waals surface area contributed by atoms with Gasteiger partial charge in [-0.15, -0.1) is 0 Å². The van der Waals surface area contributed by atoms with E-state index in [0.717, 1.165) is 122 Å². The highest BCUT2D eigenvalue weighted by molar-refractivity contribution is 6.20. The Morgan fingerprint density at radius 3 is 0.911 bits per heavy atom. The molecule has 0 aliphatic carbocycles. The minimum Gasteiger partial charge on any atom is -0.456 e. The largest absolute Gasteiger partial charge is 0.456 e. The van der Waals surface area contributed by atoms with Gasteiger partial charge in [-0.05, 0) is 121 Å². The van der Waals surface area contributed by atoms with E-state index in [1.807, 2.05) is 12.1 Å². The van der Waals surface area contributed by atoms with E-state index in [2.05, 4.69) is 274 Å². The van der Waals surface area contributed by atoms with Crippen molar-refractivity contribution in [3.8, 4) is 11.4 Å². The zero-order chi connectivity index (χ0) is 51.7. The van der Waals surface area contributed by atoms with E-state index in [-0.39, 0.29) is 0 Å². The maximum atomic E-state index is 6.77. The highest BCUT2D eigenvalue weighted by Crippen LogP contribution is 2.46. The van der Waals surface area contributed by atoms with Crippen LogP contribution in [0.15, 0.2) is 280 Å². The van der Waals surface area contributed by atoms with Gasteiger partial charge in [0.2, 0.25) is 0 Å². The van der Waals surface area contributed by atoms with Gasteiger partial charge in [0, 0.05) is 124 Å². The Labute approximate surface area is 451 Å². The smallest absolute Gasteiger partial charge is 0.139 e. The molecule has 0 saturated heterocycles. The predicted octanol–water partition coefficient (Wildman–Crippen LogP) is 20.5. The highest BCUT2D eigenvalue weighted by Gasteiger charge is 2.23. The van der Waals surface area contributed by atoms with Gasteiger partial charge >= 0.3 is 0 Å². The highest BCUT2D eigenvalue weighted by atomic mass is 16.3. The van der Waals surface area contributed by atoms with Crippen molar-refractivity contribution in [2.45, 2.75) is 0 Å². The van der Waals surface area contributed by atoms with Crippen LogP contribution in [-0.4, -0.2) is 9.13 Å². The number of anilines is 6. The van der Waals surface area contributed by atoms with Crippen molar-refractivity contribution >= 4 is 144 Å². The Bertz CT molecular complexity index is 4930. The number of hydrogen-bond acceptors (Lipinski definition) is 5. The predicted molar refractivity (Wildman–Crippen MR) is 326 cm³/mol. The van der Waals surface area contributed by atoms with Crippen LogP contribution in [0, 0.1) is 0 Å².